The van der Waals surface area contributed by atoms with Crippen molar-refractivity contribution in [2.24, 2.45) is 0 Å². The SMILES string of the molecule is O=C(NCCC(=O)N1CCN(c2ccccn2)CC1)Nc1ccc(OCC(F)(F)F)nc1. The molecular weight excluding hydrogens is 429 g/mol. The molecule has 0 atom stereocenters. The number of hydrogen-bond donors (Lipinski definition) is 2. The van der Waals surface area contributed by atoms with Crippen LogP contribution in [0.15, 0.2) is 42.7 Å². The van der Waals surface area contributed by atoms with E-state index in [-0.39, 0.29) is 30.4 Å². The summed E-state index contributed by atoms with van der Waals surface area (Å²) in [5.41, 5.74) is 0.277. The number of amides is 3. The lowest BCUT2D eigenvalue weighted by molar-refractivity contribution is -0.154. The predicted molar refractivity (Wildman–Crippen MR) is 110 cm³/mol. The molecule has 3 amide bonds. The highest BCUT2D eigenvalue weighted by Gasteiger charge is 2.28. The van der Waals surface area contributed by atoms with Crippen molar-refractivity contribution in [2.75, 3.05) is 49.5 Å². The van der Waals surface area contributed by atoms with Crippen molar-refractivity contribution < 1.29 is 27.5 Å². The molecule has 0 radical (unpaired) electrons. The molecule has 1 aliphatic rings. The zero-order chi connectivity index (χ0) is 23.0. The number of alkyl halides is 3. The molecular formula is C20H23F3N6O3. The minimum atomic E-state index is -4.46. The Morgan fingerprint density at radius 2 is 1.84 bits per heavy atom. The van der Waals surface area contributed by atoms with E-state index in [2.05, 4.69) is 30.2 Å². The van der Waals surface area contributed by atoms with Crippen molar-refractivity contribution in [1.82, 2.24) is 20.2 Å². The second-order valence-electron chi connectivity index (χ2n) is 6.98. The molecule has 0 unspecified atom stereocenters. The summed E-state index contributed by atoms with van der Waals surface area (Å²) in [5, 5.41) is 5.06. The van der Waals surface area contributed by atoms with Crippen LogP contribution >= 0.6 is 0 Å². The average Bonchev–Trinajstić information content (AvgIpc) is 2.79. The largest absolute Gasteiger partial charge is 0.468 e. The molecule has 0 bridgehead atoms. The van der Waals surface area contributed by atoms with Gasteiger partial charge in [-0.25, -0.2) is 14.8 Å². The van der Waals surface area contributed by atoms with Gasteiger partial charge in [0.25, 0.3) is 0 Å². The first-order valence-corrected chi connectivity index (χ1v) is 9.94. The Morgan fingerprint density at radius 3 is 2.47 bits per heavy atom. The first-order valence-electron chi connectivity index (χ1n) is 9.94. The second-order valence-corrected chi connectivity index (χ2v) is 6.98. The topological polar surface area (TPSA) is 99.7 Å². The van der Waals surface area contributed by atoms with Crippen molar-refractivity contribution >= 4 is 23.4 Å². The molecule has 2 aromatic rings. The Morgan fingerprint density at radius 1 is 1.06 bits per heavy atom. The minimum absolute atomic E-state index is 0.0567. The number of rotatable bonds is 7. The molecule has 0 aromatic carbocycles. The van der Waals surface area contributed by atoms with Gasteiger partial charge in [-0.05, 0) is 18.2 Å². The Hall–Kier alpha value is -3.57. The van der Waals surface area contributed by atoms with Crippen LogP contribution in [0, 0.1) is 0 Å². The van der Waals surface area contributed by atoms with Crippen LogP contribution in [-0.4, -0.2) is 72.3 Å². The molecule has 2 aromatic heterocycles. The van der Waals surface area contributed by atoms with Crippen LogP contribution < -0.4 is 20.3 Å². The molecule has 1 saturated heterocycles. The average molecular weight is 452 g/mol. The van der Waals surface area contributed by atoms with Crippen LogP contribution in [0.2, 0.25) is 0 Å². The van der Waals surface area contributed by atoms with Gasteiger partial charge in [0.1, 0.15) is 5.82 Å². The summed E-state index contributed by atoms with van der Waals surface area (Å²) in [4.78, 5) is 36.2. The number of urea groups is 1. The normalized spacial score (nSPS) is 14.1. The number of carbonyl (C=O) groups excluding carboxylic acids is 2. The molecule has 1 aliphatic heterocycles. The number of carbonyl (C=O) groups is 2. The molecule has 0 spiro atoms. The van der Waals surface area contributed by atoms with E-state index in [0.717, 1.165) is 5.82 Å². The lowest BCUT2D eigenvalue weighted by Crippen LogP contribution is -2.49. The van der Waals surface area contributed by atoms with Gasteiger partial charge in [-0.2, -0.15) is 13.2 Å². The fourth-order valence-corrected chi connectivity index (χ4v) is 3.04. The number of hydrogen-bond acceptors (Lipinski definition) is 6. The van der Waals surface area contributed by atoms with E-state index >= 15 is 0 Å². The fraction of sp³-hybridized carbons (Fsp3) is 0.400. The molecule has 172 valence electrons. The molecule has 3 heterocycles. The lowest BCUT2D eigenvalue weighted by atomic mass is 10.2. The van der Waals surface area contributed by atoms with Gasteiger partial charge in [0, 0.05) is 51.4 Å². The van der Waals surface area contributed by atoms with Crippen molar-refractivity contribution in [3.05, 3.63) is 42.7 Å². The summed E-state index contributed by atoms with van der Waals surface area (Å²) < 4.78 is 40.9. The molecule has 12 heteroatoms. The highest BCUT2D eigenvalue weighted by atomic mass is 19.4. The molecule has 0 saturated carbocycles. The molecule has 9 nitrogen and oxygen atoms in total. The van der Waals surface area contributed by atoms with Crippen molar-refractivity contribution in [3.8, 4) is 5.88 Å². The van der Waals surface area contributed by atoms with E-state index in [9.17, 15) is 22.8 Å². The maximum absolute atomic E-state index is 12.4. The van der Waals surface area contributed by atoms with Gasteiger partial charge in [-0.15, -0.1) is 0 Å². The van der Waals surface area contributed by atoms with Crippen LogP contribution in [0.3, 0.4) is 0 Å². The van der Waals surface area contributed by atoms with E-state index in [1.165, 1.54) is 18.3 Å². The summed E-state index contributed by atoms with van der Waals surface area (Å²) in [7, 11) is 0. The van der Waals surface area contributed by atoms with Gasteiger partial charge in [0.15, 0.2) is 6.61 Å². The van der Waals surface area contributed by atoms with Crippen molar-refractivity contribution in [1.29, 1.82) is 0 Å². The van der Waals surface area contributed by atoms with Crippen LogP contribution in [0.1, 0.15) is 6.42 Å². The Labute approximate surface area is 182 Å². The Kier molecular flexibility index (Phi) is 7.68. The third-order valence-electron chi connectivity index (χ3n) is 4.61. The third-order valence-corrected chi connectivity index (χ3v) is 4.61. The first-order chi connectivity index (χ1) is 15.3. The highest BCUT2D eigenvalue weighted by molar-refractivity contribution is 5.89. The molecule has 32 heavy (non-hydrogen) atoms. The quantitative estimate of drug-likeness (QED) is 0.669. The van der Waals surface area contributed by atoms with E-state index in [4.69, 9.17) is 0 Å². The van der Waals surface area contributed by atoms with Crippen LogP contribution in [-0.2, 0) is 4.79 Å². The summed E-state index contributed by atoms with van der Waals surface area (Å²) in [6.45, 7) is 1.23. The Balaban J connectivity index is 1.34. The molecule has 2 N–H and O–H groups in total. The van der Waals surface area contributed by atoms with Crippen LogP contribution in [0.25, 0.3) is 0 Å². The number of pyridine rings is 2. The fourth-order valence-electron chi connectivity index (χ4n) is 3.04. The van der Waals surface area contributed by atoms with Crippen molar-refractivity contribution in [3.63, 3.8) is 0 Å². The van der Waals surface area contributed by atoms with Crippen molar-refractivity contribution in [2.45, 2.75) is 12.6 Å². The number of aromatic nitrogens is 2. The number of anilines is 2. The monoisotopic (exact) mass is 452 g/mol. The van der Waals surface area contributed by atoms with Gasteiger partial charge < -0.3 is 25.2 Å². The van der Waals surface area contributed by atoms with E-state index < -0.39 is 18.8 Å². The van der Waals surface area contributed by atoms with Crippen LogP contribution in [0.5, 0.6) is 5.88 Å². The highest BCUT2D eigenvalue weighted by Crippen LogP contribution is 2.18. The van der Waals surface area contributed by atoms with E-state index in [1.54, 1.807) is 11.1 Å². The molecule has 1 fully saturated rings. The van der Waals surface area contributed by atoms with Gasteiger partial charge in [-0.1, -0.05) is 6.07 Å². The van der Waals surface area contributed by atoms with Gasteiger partial charge in [0.2, 0.25) is 11.8 Å². The summed E-state index contributed by atoms with van der Waals surface area (Å²) >= 11 is 0. The number of nitrogens with one attached hydrogen (secondary N) is 2. The Bertz CT molecular complexity index is 888. The van der Waals surface area contributed by atoms with E-state index in [1.807, 2.05) is 18.2 Å². The van der Waals surface area contributed by atoms with Crippen LogP contribution in [0.4, 0.5) is 29.5 Å². The summed E-state index contributed by atoms with van der Waals surface area (Å²) in [6, 6.07) is 7.73. The number of piperazine rings is 1. The number of halogens is 3. The lowest BCUT2D eigenvalue weighted by Gasteiger charge is -2.35. The maximum Gasteiger partial charge on any atom is 0.422 e. The smallest absolute Gasteiger partial charge is 0.422 e. The van der Waals surface area contributed by atoms with Gasteiger partial charge >= 0.3 is 12.2 Å². The number of nitrogens with zero attached hydrogens (tertiary/aromatic N) is 4. The zero-order valence-corrected chi connectivity index (χ0v) is 17.1. The summed E-state index contributed by atoms with van der Waals surface area (Å²) in [5.74, 6) is 0.619. The number of ether oxygens (including phenoxy) is 1. The second kappa shape index (κ2) is 10.6. The van der Waals surface area contributed by atoms with Gasteiger partial charge in [-0.3, -0.25) is 4.79 Å². The molecule has 0 aliphatic carbocycles. The predicted octanol–water partition coefficient (Wildman–Crippen LogP) is 2.28. The third kappa shape index (κ3) is 7.29. The maximum atomic E-state index is 12.4. The minimum Gasteiger partial charge on any atom is -0.468 e. The van der Waals surface area contributed by atoms with Gasteiger partial charge in [0.05, 0.1) is 11.9 Å². The first kappa shape index (κ1) is 23.1. The van der Waals surface area contributed by atoms with E-state index in [0.29, 0.717) is 26.2 Å². The standard InChI is InChI=1S/C20H23F3N6O3/c21-20(22,23)14-32-17-5-4-15(13-26-17)27-19(31)25-8-6-18(30)29-11-9-28(10-12-29)16-3-1-2-7-24-16/h1-5,7,13H,6,8-12,14H2,(H2,25,27,31). The molecule has 3 rings (SSSR count). The summed E-state index contributed by atoms with van der Waals surface area (Å²) in [6.07, 6.45) is -1.39. The zero-order valence-electron chi connectivity index (χ0n) is 17.1.